The summed E-state index contributed by atoms with van der Waals surface area (Å²) < 4.78 is 11.2. The summed E-state index contributed by atoms with van der Waals surface area (Å²) in [4.78, 5) is 0. The Labute approximate surface area is 97.0 Å². The maximum Gasteiger partial charge on any atom is 0.134 e. The van der Waals surface area contributed by atoms with Crippen LogP contribution in [0.3, 0.4) is 0 Å². The second-order valence-corrected chi connectivity index (χ2v) is 4.63. The number of hydrogen-bond donors (Lipinski definition) is 1. The first-order chi connectivity index (χ1) is 6.93. The first-order valence-electron chi connectivity index (χ1n) is 5.05. The van der Waals surface area contributed by atoms with Crippen LogP contribution in [-0.2, 0) is 4.74 Å². The van der Waals surface area contributed by atoms with Crippen LogP contribution >= 0.6 is 0 Å². The fourth-order valence-corrected chi connectivity index (χ4v) is 1.37. The van der Waals surface area contributed by atoms with Crippen molar-refractivity contribution in [2.75, 3.05) is 6.61 Å². The van der Waals surface area contributed by atoms with E-state index in [0.717, 1.165) is 12.4 Å². The highest BCUT2D eigenvalue weighted by molar-refractivity contribution is 5.31. The Morgan fingerprint density at radius 3 is 2.25 bits per heavy atom. The Balaban J connectivity index is 0.00000128. The number of phenolic OH excluding ortho intramolecular Hbond substituents is 1. The first kappa shape index (κ1) is 12.8. The molecule has 1 aromatic rings. The van der Waals surface area contributed by atoms with Crippen molar-refractivity contribution in [1.29, 1.82) is 0 Å². The molecular formula is C13H20O3. The lowest BCUT2D eigenvalue weighted by atomic mass is 9.93. The average Bonchev–Trinajstić information content (AvgIpc) is 2.89. The van der Waals surface area contributed by atoms with Crippen molar-refractivity contribution >= 4 is 0 Å². The van der Waals surface area contributed by atoms with Crippen molar-refractivity contribution < 1.29 is 14.6 Å². The van der Waals surface area contributed by atoms with E-state index in [9.17, 15) is 0 Å². The number of aromatic hydroxyl groups is 1. The number of hydrogen-bond acceptors (Lipinski definition) is 3. The molecule has 1 N–H and O–H groups in total. The molecule has 0 aliphatic carbocycles. The third-order valence-corrected chi connectivity index (χ3v) is 3.06. The molecule has 0 spiro atoms. The van der Waals surface area contributed by atoms with Crippen molar-refractivity contribution in [2.24, 2.45) is 0 Å². The van der Waals surface area contributed by atoms with Gasteiger partial charge in [-0.25, -0.2) is 0 Å². The number of phenols is 1. The zero-order valence-electron chi connectivity index (χ0n) is 9.28. The lowest BCUT2D eigenvalue weighted by Crippen LogP contribution is -2.43. The molecule has 0 amide bonds. The van der Waals surface area contributed by atoms with Crippen LogP contribution in [0, 0.1) is 0 Å². The quantitative estimate of drug-likeness (QED) is 0.802. The molecule has 1 heterocycles. The molecule has 2 rings (SSSR count). The van der Waals surface area contributed by atoms with Crippen molar-refractivity contribution in [3.8, 4) is 11.5 Å². The third kappa shape index (κ3) is 2.30. The second-order valence-electron chi connectivity index (χ2n) is 4.63. The van der Waals surface area contributed by atoms with E-state index in [1.165, 1.54) is 0 Å². The predicted octanol–water partition coefficient (Wildman–Crippen LogP) is 2.97. The molecule has 90 valence electrons. The van der Waals surface area contributed by atoms with E-state index >= 15 is 0 Å². The summed E-state index contributed by atoms with van der Waals surface area (Å²) in [5.74, 6) is 0.989. The van der Waals surface area contributed by atoms with Gasteiger partial charge in [0.2, 0.25) is 0 Å². The van der Waals surface area contributed by atoms with Crippen LogP contribution in [-0.4, -0.2) is 22.9 Å². The molecule has 1 unspecified atom stereocenters. The first-order valence-corrected chi connectivity index (χ1v) is 5.05. The van der Waals surface area contributed by atoms with Crippen molar-refractivity contribution in [2.45, 2.75) is 39.4 Å². The Morgan fingerprint density at radius 2 is 1.81 bits per heavy atom. The van der Waals surface area contributed by atoms with E-state index in [4.69, 9.17) is 14.6 Å². The molecule has 0 aromatic heterocycles. The molecule has 1 atom stereocenters. The van der Waals surface area contributed by atoms with Gasteiger partial charge in [-0.1, -0.05) is 7.43 Å². The molecule has 3 heteroatoms. The average molecular weight is 224 g/mol. The lowest BCUT2D eigenvalue weighted by molar-refractivity contribution is 0.0268. The molecule has 16 heavy (non-hydrogen) atoms. The smallest absolute Gasteiger partial charge is 0.134 e. The number of epoxide rings is 1. The number of ether oxygens (including phenoxy) is 2. The molecule has 0 radical (unpaired) electrons. The zero-order chi connectivity index (χ0) is 11.1. The lowest BCUT2D eigenvalue weighted by Gasteiger charge is -2.30. The van der Waals surface area contributed by atoms with Crippen molar-refractivity contribution in [1.82, 2.24) is 0 Å². The van der Waals surface area contributed by atoms with E-state index in [0.29, 0.717) is 0 Å². The molecule has 3 nitrogen and oxygen atoms in total. The van der Waals surface area contributed by atoms with Gasteiger partial charge in [-0.2, -0.15) is 0 Å². The summed E-state index contributed by atoms with van der Waals surface area (Å²) in [6, 6.07) is 6.73. The van der Waals surface area contributed by atoms with Gasteiger partial charge in [0.1, 0.15) is 22.7 Å². The largest absolute Gasteiger partial charge is 0.508 e. The van der Waals surface area contributed by atoms with Gasteiger partial charge in [0, 0.05) is 0 Å². The molecular weight excluding hydrogens is 204 g/mol. The molecule has 1 aromatic carbocycles. The minimum absolute atomic E-state index is 0. The fourth-order valence-electron chi connectivity index (χ4n) is 1.37. The van der Waals surface area contributed by atoms with Crippen LogP contribution in [0.2, 0.25) is 0 Å². The second kappa shape index (κ2) is 3.98. The van der Waals surface area contributed by atoms with Gasteiger partial charge >= 0.3 is 0 Å². The highest BCUT2D eigenvalue weighted by atomic mass is 16.6. The van der Waals surface area contributed by atoms with E-state index in [2.05, 4.69) is 0 Å². The summed E-state index contributed by atoms with van der Waals surface area (Å²) in [6.45, 7) is 6.78. The third-order valence-electron chi connectivity index (χ3n) is 3.06. The van der Waals surface area contributed by atoms with Gasteiger partial charge in [0.05, 0.1) is 6.61 Å². The van der Waals surface area contributed by atoms with Crippen molar-refractivity contribution in [3.05, 3.63) is 24.3 Å². The van der Waals surface area contributed by atoms with Crippen molar-refractivity contribution in [3.63, 3.8) is 0 Å². The highest BCUT2D eigenvalue weighted by Crippen LogP contribution is 2.40. The summed E-state index contributed by atoms with van der Waals surface area (Å²) in [6.07, 6.45) is 0. The maximum atomic E-state index is 9.15. The van der Waals surface area contributed by atoms with E-state index in [1.54, 1.807) is 24.3 Å². The Morgan fingerprint density at radius 1 is 1.31 bits per heavy atom. The van der Waals surface area contributed by atoms with Crippen LogP contribution in [0.1, 0.15) is 28.2 Å². The minimum Gasteiger partial charge on any atom is -0.508 e. The molecule has 1 fully saturated rings. The standard InChI is InChI=1S/C12H16O3.CH4/c1-11(2,12(3)8-14-12)15-10-6-4-9(13)5-7-10;/h4-7,13H,8H2,1-3H3;1H4. The van der Waals surface area contributed by atoms with Gasteiger partial charge in [-0.15, -0.1) is 0 Å². The van der Waals surface area contributed by atoms with E-state index in [1.807, 2.05) is 20.8 Å². The summed E-state index contributed by atoms with van der Waals surface area (Å²) >= 11 is 0. The SMILES string of the molecule is C.CC(C)(Oc1ccc(O)cc1)C1(C)CO1. The molecule has 0 saturated carbocycles. The zero-order valence-corrected chi connectivity index (χ0v) is 9.28. The van der Waals surface area contributed by atoms with E-state index < -0.39 is 0 Å². The molecule has 1 aliphatic heterocycles. The molecule has 1 aliphatic rings. The van der Waals surface area contributed by atoms with E-state index in [-0.39, 0.29) is 24.4 Å². The number of benzene rings is 1. The topological polar surface area (TPSA) is 42.0 Å². The number of rotatable bonds is 3. The van der Waals surface area contributed by atoms with Gasteiger partial charge in [-0.05, 0) is 45.0 Å². The normalized spacial score (nSPS) is 23.4. The Kier molecular flexibility index (Phi) is 3.20. The van der Waals surface area contributed by atoms with Crippen LogP contribution < -0.4 is 4.74 Å². The van der Waals surface area contributed by atoms with Gasteiger partial charge in [0.15, 0.2) is 0 Å². The molecule has 1 saturated heterocycles. The highest BCUT2D eigenvalue weighted by Gasteiger charge is 2.54. The monoisotopic (exact) mass is 224 g/mol. The Bertz CT molecular complexity index is 350. The van der Waals surface area contributed by atoms with Crippen LogP contribution in [0.25, 0.3) is 0 Å². The summed E-state index contributed by atoms with van der Waals surface area (Å²) in [5.41, 5.74) is -0.547. The maximum absolute atomic E-state index is 9.15. The van der Waals surface area contributed by atoms with Gasteiger partial charge in [0.25, 0.3) is 0 Å². The minimum atomic E-state index is -0.357. The Hall–Kier alpha value is -1.22. The van der Waals surface area contributed by atoms with Gasteiger partial charge in [-0.3, -0.25) is 0 Å². The van der Waals surface area contributed by atoms with Gasteiger partial charge < -0.3 is 14.6 Å². The van der Waals surface area contributed by atoms with Crippen LogP contribution in [0.5, 0.6) is 11.5 Å². The predicted molar refractivity (Wildman–Crippen MR) is 63.9 cm³/mol. The molecule has 0 bridgehead atoms. The summed E-state index contributed by atoms with van der Waals surface area (Å²) in [5, 5.41) is 9.15. The van der Waals surface area contributed by atoms with Crippen LogP contribution in [0.15, 0.2) is 24.3 Å². The summed E-state index contributed by atoms with van der Waals surface area (Å²) in [7, 11) is 0. The van der Waals surface area contributed by atoms with Crippen LogP contribution in [0.4, 0.5) is 0 Å². The fraction of sp³-hybridized carbons (Fsp3) is 0.538.